The third kappa shape index (κ3) is 5.92. The first-order chi connectivity index (χ1) is 33.2. The molecule has 0 saturated carbocycles. The van der Waals surface area contributed by atoms with Gasteiger partial charge in [0.15, 0.2) is 0 Å². The summed E-state index contributed by atoms with van der Waals surface area (Å²) < 4.78 is 13.7. The lowest BCUT2D eigenvalue weighted by atomic mass is 9.80. The Bertz CT molecular complexity index is 3730. The van der Waals surface area contributed by atoms with Crippen molar-refractivity contribution in [3.05, 3.63) is 209 Å². The highest BCUT2D eigenvalue weighted by molar-refractivity contribution is 6.20. The van der Waals surface area contributed by atoms with E-state index in [0.29, 0.717) is 0 Å². The molecule has 0 N–H and O–H groups in total. The van der Waals surface area contributed by atoms with Gasteiger partial charge in [-0.3, -0.25) is 0 Å². The quantitative estimate of drug-likeness (QED) is 0.172. The summed E-state index contributed by atoms with van der Waals surface area (Å²) in [4.78, 5) is 2.48. The van der Waals surface area contributed by atoms with Gasteiger partial charge in [0, 0.05) is 60.6 Å². The second-order valence-corrected chi connectivity index (χ2v) is 21.8. The molecule has 0 radical (unpaired) electrons. The van der Waals surface area contributed by atoms with Crippen molar-refractivity contribution in [2.75, 3.05) is 4.90 Å². The van der Waals surface area contributed by atoms with Crippen molar-refractivity contribution in [1.29, 1.82) is 0 Å². The van der Waals surface area contributed by atoms with Gasteiger partial charge in [0.05, 0.1) is 0 Å². The summed E-state index contributed by atoms with van der Waals surface area (Å²) in [5.41, 5.74) is 25.4. The van der Waals surface area contributed by atoms with Crippen molar-refractivity contribution in [2.45, 2.75) is 78.6 Å². The van der Waals surface area contributed by atoms with Gasteiger partial charge in [0.1, 0.15) is 22.3 Å². The van der Waals surface area contributed by atoms with Gasteiger partial charge < -0.3 is 13.7 Å². The Labute approximate surface area is 404 Å². The predicted molar refractivity (Wildman–Crippen MR) is 290 cm³/mol. The molecular formula is C66H55NO2. The zero-order valence-electron chi connectivity index (χ0n) is 40.9. The fourth-order valence-corrected chi connectivity index (χ4v) is 12.2. The molecule has 9 aromatic carbocycles. The third-order valence-electron chi connectivity index (χ3n) is 15.9. The highest BCUT2D eigenvalue weighted by atomic mass is 16.3. The minimum atomic E-state index is -0.304. The van der Waals surface area contributed by atoms with E-state index in [4.69, 9.17) is 8.83 Å². The molecule has 336 valence electrons. The lowest BCUT2D eigenvalue weighted by Crippen LogP contribution is -2.18. The molecule has 13 rings (SSSR count). The summed E-state index contributed by atoms with van der Waals surface area (Å²) in [6, 6.07) is 63.0. The molecule has 0 aliphatic heterocycles. The van der Waals surface area contributed by atoms with Crippen molar-refractivity contribution in [3.63, 3.8) is 0 Å². The van der Waals surface area contributed by atoms with Crippen molar-refractivity contribution in [3.8, 4) is 44.5 Å². The van der Waals surface area contributed by atoms with Gasteiger partial charge in [-0.1, -0.05) is 158 Å². The van der Waals surface area contributed by atoms with Gasteiger partial charge in [0.2, 0.25) is 0 Å². The van der Waals surface area contributed by atoms with Gasteiger partial charge in [-0.05, 0) is 152 Å². The first-order valence-corrected chi connectivity index (χ1v) is 24.5. The Morgan fingerprint density at radius 3 is 1.23 bits per heavy atom. The number of aryl methyl sites for hydroxylation is 2. The van der Waals surface area contributed by atoms with Crippen molar-refractivity contribution in [1.82, 2.24) is 0 Å². The van der Waals surface area contributed by atoms with Gasteiger partial charge >= 0.3 is 0 Å². The average Bonchev–Trinajstić information content (AvgIpc) is 4.04. The van der Waals surface area contributed by atoms with Gasteiger partial charge in [-0.25, -0.2) is 0 Å². The SMILES string of the molecule is Cc1ccccc1-c1cc2c(c3c1oc1ccccc13)-c1ccc(N(c3ccc(C(C)(C)C)cc3)c3ccc4c(c3)C(C)(C)c3cc(-c5ccccc5C)c5oc6ccccc6c5c3-4)cc1C2(C)C. The molecule has 69 heavy (non-hydrogen) atoms. The molecule has 0 amide bonds. The van der Waals surface area contributed by atoms with Crippen molar-refractivity contribution in [2.24, 2.45) is 0 Å². The van der Waals surface area contributed by atoms with Crippen LogP contribution in [0.5, 0.6) is 0 Å². The number of rotatable bonds is 5. The second-order valence-electron chi connectivity index (χ2n) is 21.8. The fraction of sp³-hybridized carbons (Fsp3) is 0.182. The summed E-state index contributed by atoms with van der Waals surface area (Å²) in [6.45, 7) is 20.9. The van der Waals surface area contributed by atoms with Crippen LogP contribution in [-0.4, -0.2) is 0 Å². The Balaban J connectivity index is 1.02. The van der Waals surface area contributed by atoms with Gasteiger partial charge in [-0.2, -0.15) is 0 Å². The van der Waals surface area contributed by atoms with Crippen molar-refractivity contribution >= 4 is 60.9 Å². The molecule has 0 bridgehead atoms. The number of fused-ring (bicyclic) bond motifs is 14. The topological polar surface area (TPSA) is 29.5 Å². The fourth-order valence-electron chi connectivity index (χ4n) is 12.2. The highest BCUT2D eigenvalue weighted by Crippen LogP contribution is 2.59. The third-order valence-corrected chi connectivity index (χ3v) is 15.9. The van der Waals surface area contributed by atoms with Gasteiger partial charge in [-0.15, -0.1) is 0 Å². The molecule has 0 fully saturated rings. The average molecular weight is 894 g/mol. The maximum atomic E-state index is 6.85. The summed E-state index contributed by atoms with van der Waals surface area (Å²) in [7, 11) is 0. The number of hydrogen-bond donors (Lipinski definition) is 0. The minimum absolute atomic E-state index is 0.0234. The summed E-state index contributed by atoms with van der Waals surface area (Å²) in [5.74, 6) is 0. The molecule has 0 atom stereocenters. The largest absolute Gasteiger partial charge is 0.455 e. The monoisotopic (exact) mass is 893 g/mol. The van der Waals surface area contributed by atoms with Crippen LogP contribution in [0.2, 0.25) is 0 Å². The Kier molecular flexibility index (Phi) is 8.70. The van der Waals surface area contributed by atoms with Crippen LogP contribution in [0.25, 0.3) is 88.4 Å². The zero-order valence-corrected chi connectivity index (χ0v) is 40.9. The highest BCUT2D eigenvalue weighted by Gasteiger charge is 2.41. The van der Waals surface area contributed by atoms with Crippen LogP contribution in [0.1, 0.15) is 87.4 Å². The van der Waals surface area contributed by atoms with Crippen LogP contribution in [-0.2, 0) is 16.2 Å². The van der Waals surface area contributed by atoms with Crippen molar-refractivity contribution < 1.29 is 8.83 Å². The van der Waals surface area contributed by atoms with E-state index < -0.39 is 0 Å². The number of anilines is 3. The summed E-state index contributed by atoms with van der Waals surface area (Å²) in [5, 5.41) is 4.70. The van der Waals surface area contributed by atoms with Crippen LogP contribution in [0.4, 0.5) is 17.1 Å². The molecule has 3 nitrogen and oxygen atoms in total. The molecule has 2 heterocycles. The summed E-state index contributed by atoms with van der Waals surface area (Å²) >= 11 is 0. The Morgan fingerprint density at radius 2 is 0.797 bits per heavy atom. The number of nitrogens with zero attached hydrogens (tertiary/aromatic N) is 1. The van der Waals surface area contributed by atoms with E-state index in [9.17, 15) is 0 Å². The number of para-hydroxylation sites is 2. The maximum Gasteiger partial charge on any atom is 0.143 e. The van der Waals surface area contributed by atoms with Crippen LogP contribution in [0.3, 0.4) is 0 Å². The van der Waals surface area contributed by atoms with E-state index in [1.165, 1.54) is 83.1 Å². The van der Waals surface area contributed by atoms with Crippen LogP contribution in [0, 0.1) is 13.8 Å². The molecule has 0 unspecified atom stereocenters. The Morgan fingerprint density at radius 1 is 0.391 bits per heavy atom. The Hall–Kier alpha value is -7.62. The lowest BCUT2D eigenvalue weighted by molar-refractivity contribution is 0.590. The normalized spacial score (nSPS) is 14.4. The summed E-state index contributed by atoms with van der Waals surface area (Å²) in [6.07, 6.45) is 0. The molecule has 2 aliphatic carbocycles. The molecule has 11 aromatic rings. The van der Waals surface area contributed by atoms with E-state index in [1.807, 2.05) is 0 Å². The van der Waals surface area contributed by atoms with E-state index in [0.717, 1.165) is 61.3 Å². The van der Waals surface area contributed by atoms with E-state index in [-0.39, 0.29) is 16.2 Å². The molecule has 0 saturated heterocycles. The molecule has 2 aliphatic rings. The van der Waals surface area contributed by atoms with E-state index in [2.05, 4.69) is 237 Å². The van der Waals surface area contributed by atoms with Crippen LogP contribution in [0.15, 0.2) is 179 Å². The van der Waals surface area contributed by atoms with Gasteiger partial charge in [0.25, 0.3) is 0 Å². The molecule has 0 spiro atoms. The van der Waals surface area contributed by atoms with E-state index >= 15 is 0 Å². The standard InChI is InChI=1S/C66H55NO2/c1-38-18-10-12-20-44(38)50-36-54-58(60-48-22-14-16-24-56(48)68-62(50)60)46-32-30-42(34-52(46)65(54,6)7)67(41-28-26-40(27-29-41)64(3,4)5)43-31-33-47-53(35-43)66(8,9)55-37-51(45-21-13-11-19-39(45)2)63-61(59(47)55)49-23-15-17-25-57(49)69-63/h10-37H,1-9H3. The predicted octanol–water partition coefficient (Wildman–Crippen LogP) is 18.8. The number of hydrogen-bond acceptors (Lipinski definition) is 3. The smallest absolute Gasteiger partial charge is 0.143 e. The molecule has 2 aromatic heterocycles. The molecular weight excluding hydrogens is 839 g/mol. The van der Waals surface area contributed by atoms with Crippen LogP contribution < -0.4 is 4.90 Å². The maximum absolute atomic E-state index is 6.85. The second kappa shape index (κ2) is 14.5. The lowest BCUT2D eigenvalue weighted by Gasteiger charge is -2.30. The first-order valence-electron chi connectivity index (χ1n) is 24.5. The zero-order chi connectivity index (χ0) is 47.3. The van der Waals surface area contributed by atoms with E-state index in [1.54, 1.807) is 0 Å². The number of benzene rings is 9. The van der Waals surface area contributed by atoms with Crippen LogP contribution >= 0.6 is 0 Å². The minimum Gasteiger partial charge on any atom is -0.455 e. The molecule has 3 heteroatoms. The number of furan rings is 2. The first kappa shape index (κ1) is 41.6.